The molecule has 0 fully saturated rings. The molecule has 0 aliphatic rings. The first-order valence-electron chi connectivity index (χ1n) is 7.46. The Bertz CT molecular complexity index is 664. The van der Waals surface area contributed by atoms with Gasteiger partial charge in [0, 0.05) is 6.42 Å². The van der Waals surface area contributed by atoms with Crippen LogP contribution >= 0.6 is 0 Å². The zero-order chi connectivity index (χ0) is 16.7. The molecule has 0 saturated heterocycles. The maximum atomic E-state index is 11.8. The van der Waals surface area contributed by atoms with Gasteiger partial charge in [0.1, 0.15) is 12.2 Å². The van der Waals surface area contributed by atoms with Gasteiger partial charge in [-0.1, -0.05) is 35.0 Å². The molecule has 23 heavy (non-hydrogen) atoms. The lowest BCUT2D eigenvalue weighted by Crippen LogP contribution is -2.22. The lowest BCUT2D eigenvalue weighted by Gasteiger charge is -2.04. The molecule has 1 aromatic heterocycles. The molecule has 0 spiro atoms. The summed E-state index contributed by atoms with van der Waals surface area (Å²) in [5.41, 5.74) is 2.99. The third-order valence-electron chi connectivity index (χ3n) is 3.34. The van der Waals surface area contributed by atoms with E-state index in [9.17, 15) is 9.59 Å². The van der Waals surface area contributed by atoms with E-state index in [1.54, 1.807) is 0 Å². The second-order valence-electron chi connectivity index (χ2n) is 5.42. The molecule has 1 heterocycles. The molecule has 0 aliphatic heterocycles. The first-order chi connectivity index (χ1) is 11.0. The van der Waals surface area contributed by atoms with Crippen LogP contribution in [0.4, 0.5) is 0 Å². The van der Waals surface area contributed by atoms with Gasteiger partial charge >= 0.3 is 5.97 Å². The summed E-state index contributed by atoms with van der Waals surface area (Å²) in [4.78, 5) is 22.3. The number of rotatable bonds is 8. The number of nitrogens with zero attached hydrogens (tertiary/aromatic N) is 3. The molecule has 2 aromatic rings. The average Bonchev–Trinajstić information content (AvgIpc) is 2.94. The molecule has 7 heteroatoms. The third-order valence-corrected chi connectivity index (χ3v) is 3.34. The minimum Gasteiger partial charge on any atom is -0.480 e. The normalized spacial score (nSPS) is 10.5. The van der Waals surface area contributed by atoms with Crippen molar-refractivity contribution in [2.75, 3.05) is 0 Å². The van der Waals surface area contributed by atoms with E-state index in [0.29, 0.717) is 12.1 Å². The maximum Gasteiger partial charge on any atom is 0.325 e. The van der Waals surface area contributed by atoms with E-state index >= 15 is 0 Å². The van der Waals surface area contributed by atoms with Crippen LogP contribution in [-0.2, 0) is 29.1 Å². The van der Waals surface area contributed by atoms with Crippen LogP contribution in [0.5, 0.6) is 0 Å². The smallest absolute Gasteiger partial charge is 0.325 e. The Morgan fingerprint density at radius 3 is 2.70 bits per heavy atom. The van der Waals surface area contributed by atoms with Crippen LogP contribution in [0.25, 0.3) is 0 Å². The van der Waals surface area contributed by atoms with Crippen molar-refractivity contribution in [1.29, 1.82) is 0 Å². The number of hydrogen-bond acceptors (Lipinski definition) is 4. The highest BCUT2D eigenvalue weighted by Gasteiger charge is 2.06. The number of carbonyl (C=O) groups is 2. The molecule has 2 N–H and O–H groups in total. The van der Waals surface area contributed by atoms with Crippen molar-refractivity contribution < 1.29 is 14.7 Å². The second kappa shape index (κ2) is 8.07. The lowest BCUT2D eigenvalue weighted by atomic mass is 10.1. The molecule has 0 atom stereocenters. The highest BCUT2D eigenvalue weighted by molar-refractivity contribution is 5.75. The van der Waals surface area contributed by atoms with Gasteiger partial charge in [-0.25, -0.2) is 4.68 Å². The number of aliphatic carboxylic acids is 1. The number of nitrogens with one attached hydrogen (secondary N) is 1. The largest absolute Gasteiger partial charge is 0.480 e. The number of benzene rings is 1. The van der Waals surface area contributed by atoms with Gasteiger partial charge < -0.3 is 10.4 Å². The van der Waals surface area contributed by atoms with Gasteiger partial charge in [-0.3, -0.25) is 9.59 Å². The van der Waals surface area contributed by atoms with Crippen molar-refractivity contribution in [1.82, 2.24) is 20.3 Å². The summed E-state index contributed by atoms with van der Waals surface area (Å²) >= 11 is 0. The Morgan fingerprint density at radius 1 is 1.26 bits per heavy atom. The number of aryl methyl sites for hydroxylation is 2. The van der Waals surface area contributed by atoms with Gasteiger partial charge in [-0.2, -0.15) is 0 Å². The summed E-state index contributed by atoms with van der Waals surface area (Å²) < 4.78 is 1.22. The minimum absolute atomic E-state index is 0.0510. The summed E-state index contributed by atoms with van der Waals surface area (Å²) in [6.07, 6.45) is 3.60. The summed E-state index contributed by atoms with van der Waals surface area (Å²) in [6.45, 7) is 2.06. The molecule has 0 radical (unpaired) electrons. The van der Waals surface area contributed by atoms with Gasteiger partial charge in [0.2, 0.25) is 5.91 Å². The molecule has 0 unspecified atom stereocenters. The number of carboxylic acids is 1. The Morgan fingerprint density at radius 2 is 2.00 bits per heavy atom. The van der Waals surface area contributed by atoms with Crippen LogP contribution in [-0.4, -0.2) is 32.0 Å². The fourth-order valence-electron chi connectivity index (χ4n) is 2.12. The predicted molar refractivity (Wildman–Crippen MR) is 83.6 cm³/mol. The molecular weight excluding hydrogens is 296 g/mol. The molecule has 7 nitrogen and oxygen atoms in total. The minimum atomic E-state index is -0.985. The van der Waals surface area contributed by atoms with Gasteiger partial charge in [-0.05, 0) is 25.3 Å². The van der Waals surface area contributed by atoms with Gasteiger partial charge in [0.15, 0.2) is 0 Å². The Balaban J connectivity index is 1.67. The SMILES string of the molecule is Cc1ccc(CCCC(=O)NCc2cn(CC(=O)O)nn2)cc1. The maximum absolute atomic E-state index is 11.8. The summed E-state index contributed by atoms with van der Waals surface area (Å²) in [6, 6.07) is 8.29. The fraction of sp³-hybridized carbons (Fsp3) is 0.375. The van der Waals surface area contributed by atoms with Crippen LogP contribution in [0, 0.1) is 6.92 Å². The van der Waals surface area contributed by atoms with Crippen molar-refractivity contribution in [3.8, 4) is 0 Å². The topological polar surface area (TPSA) is 97.1 Å². The summed E-state index contributed by atoms with van der Waals surface area (Å²) in [7, 11) is 0. The van der Waals surface area contributed by atoms with Gasteiger partial charge in [0.25, 0.3) is 0 Å². The van der Waals surface area contributed by atoms with E-state index in [-0.39, 0.29) is 19.0 Å². The molecule has 0 bridgehead atoms. The Kier molecular flexibility index (Phi) is 5.85. The molecule has 1 amide bonds. The number of amides is 1. The van der Waals surface area contributed by atoms with Crippen molar-refractivity contribution in [3.05, 3.63) is 47.3 Å². The van der Waals surface area contributed by atoms with E-state index in [1.165, 1.54) is 22.0 Å². The summed E-state index contributed by atoms with van der Waals surface area (Å²) in [5, 5.41) is 18.9. The van der Waals surface area contributed by atoms with Gasteiger partial charge in [-0.15, -0.1) is 5.10 Å². The lowest BCUT2D eigenvalue weighted by molar-refractivity contribution is -0.138. The second-order valence-corrected chi connectivity index (χ2v) is 5.42. The van der Waals surface area contributed by atoms with Crippen LogP contribution in [0.1, 0.15) is 29.7 Å². The third kappa shape index (κ3) is 5.90. The standard InChI is InChI=1S/C16H20N4O3/c1-12-5-7-13(8-6-12)3-2-4-15(21)17-9-14-10-20(19-18-14)11-16(22)23/h5-8,10H,2-4,9,11H2,1H3,(H,17,21)(H,22,23). The first kappa shape index (κ1) is 16.7. The average molecular weight is 316 g/mol. The van der Waals surface area contributed by atoms with E-state index in [2.05, 4.69) is 39.9 Å². The van der Waals surface area contributed by atoms with E-state index < -0.39 is 5.97 Å². The molecule has 0 aliphatic carbocycles. The van der Waals surface area contributed by atoms with Crippen LogP contribution in [0.2, 0.25) is 0 Å². The highest BCUT2D eigenvalue weighted by atomic mass is 16.4. The Hall–Kier alpha value is -2.70. The summed E-state index contributed by atoms with van der Waals surface area (Å²) in [5.74, 6) is -1.04. The van der Waals surface area contributed by atoms with Crippen molar-refractivity contribution in [2.45, 2.75) is 39.3 Å². The number of carboxylic acid groups (broad SMARTS) is 1. The van der Waals surface area contributed by atoms with E-state index in [4.69, 9.17) is 5.11 Å². The zero-order valence-electron chi connectivity index (χ0n) is 13.0. The Labute approximate surface area is 134 Å². The zero-order valence-corrected chi connectivity index (χ0v) is 13.0. The van der Waals surface area contributed by atoms with Gasteiger partial charge in [0.05, 0.1) is 12.7 Å². The van der Waals surface area contributed by atoms with Crippen molar-refractivity contribution in [3.63, 3.8) is 0 Å². The van der Waals surface area contributed by atoms with Crippen LogP contribution in [0.3, 0.4) is 0 Å². The predicted octanol–water partition coefficient (Wildman–Crippen LogP) is 1.31. The van der Waals surface area contributed by atoms with E-state index in [1.807, 2.05) is 6.92 Å². The molecule has 1 aromatic carbocycles. The molecule has 2 rings (SSSR count). The van der Waals surface area contributed by atoms with Crippen LogP contribution < -0.4 is 5.32 Å². The fourth-order valence-corrected chi connectivity index (χ4v) is 2.12. The molecule has 0 saturated carbocycles. The number of hydrogen-bond donors (Lipinski definition) is 2. The van der Waals surface area contributed by atoms with E-state index in [0.717, 1.165) is 12.8 Å². The number of aromatic nitrogens is 3. The van der Waals surface area contributed by atoms with Crippen molar-refractivity contribution >= 4 is 11.9 Å². The van der Waals surface area contributed by atoms with Crippen molar-refractivity contribution in [2.24, 2.45) is 0 Å². The monoisotopic (exact) mass is 316 g/mol. The van der Waals surface area contributed by atoms with Crippen LogP contribution in [0.15, 0.2) is 30.5 Å². The molecule has 122 valence electrons. The first-order valence-corrected chi connectivity index (χ1v) is 7.46. The highest BCUT2D eigenvalue weighted by Crippen LogP contribution is 2.07. The number of carbonyl (C=O) groups excluding carboxylic acids is 1. The molecular formula is C16H20N4O3. The quantitative estimate of drug-likeness (QED) is 0.765.